The van der Waals surface area contributed by atoms with Crippen molar-refractivity contribution in [2.75, 3.05) is 5.73 Å². The second kappa shape index (κ2) is 4.20. The number of nitrogen functional groups attached to an aromatic ring is 1. The first-order valence-corrected chi connectivity index (χ1v) is 4.04. The predicted molar refractivity (Wildman–Crippen MR) is 47.9 cm³/mol. The van der Waals surface area contributed by atoms with E-state index in [2.05, 4.69) is 4.98 Å². The topological polar surface area (TPSA) is 62.7 Å². The van der Waals surface area contributed by atoms with Gasteiger partial charge in [0.05, 0.1) is 23.2 Å². The Hall–Kier alpha value is -1.41. The van der Waals surface area contributed by atoms with E-state index in [1.807, 2.05) is 0 Å². The number of alkyl halides is 2. The highest BCUT2D eigenvalue weighted by molar-refractivity contribution is 6.33. The van der Waals surface area contributed by atoms with Crippen molar-refractivity contribution in [3.05, 3.63) is 22.3 Å². The molecule has 1 aromatic rings. The van der Waals surface area contributed by atoms with Crippen molar-refractivity contribution in [1.29, 1.82) is 5.26 Å². The molecule has 0 amide bonds. The summed E-state index contributed by atoms with van der Waals surface area (Å²) >= 11 is 5.51. The molecule has 0 aliphatic rings. The van der Waals surface area contributed by atoms with Gasteiger partial charge in [-0.15, -0.1) is 0 Å². The van der Waals surface area contributed by atoms with Crippen molar-refractivity contribution in [1.82, 2.24) is 4.98 Å². The lowest BCUT2D eigenvalue weighted by atomic mass is 10.2. The summed E-state index contributed by atoms with van der Waals surface area (Å²) in [5, 5.41) is 8.11. The van der Waals surface area contributed by atoms with Gasteiger partial charge in [-0.3, -0.25) is 0 Å². The van der Waals surface area contributed by atoms with E-state index in [0.717, 1.165) is 6.07 Å². The summed E-state index contributed by atoms with van der Waals surface area (Å²) in [6.07, 6.45) is -2.79. The number of anilines is 1. The summed E-state index contributed by atoms with van der Waals surface area (Å²) in [4.78, 5) is 3.70. The number of hydrogen-bond donors (Lipinski definition) is 1. The zero-order valence-electron chi connectivity index (χ0n) is 6.97. The number of hydrogen-bond acceptors (Lipinski definition) is 3. The van der Waals surface area contributed by atoms with Crippen LogP contribution in [0.2, 0.25) is 5.02 Å². The van der Waals surface area contributed by atoms with Crippen LogP contribution in [-0.4, -0.2) is 4.98 Å². The summed E-state index contributed by atoms with van der Waals surface area (Å²) < 4.78 is 24.8. The van der Waals surface area contributed by atoms with Gasteiger partial charge in [0.15, 0.2) is 0 Å². The Kier molecular flexibility index (Phi) is 3.20. The van der Waals surface area contributed by atoms with Crippen molar-refractivity contribution in [2.24, 2.45) is 0 Å². The molecule has 0 saturated heterocycles. The number of pyridine rings is 1. The quantitative estimate of drug-likeness (QED) is 0.827. The molecule has 1 heterocycles. The smallest absolute Gasteiger partial charge is 0.265 e. The van der Waals surface area contributed by atoms with Gasteiger partial charge < -0.3 is 5.73 Å². The zero-order chi connectivity index (χ0) is 10.7. The molecule has 0 unspecified atom stereocenters. The Labute approximate surface area is 84.1 Å². The van der Waals surface area contributed by atoms with Gasteiger partial charge in [-0.1, -0.05) is 11.6 Å². The van der Waals surface area contributed by atoms with E-state index in [9.17, 15) is 8.78 Å². The first kappa shape index (κ1) is 10.7. The van der Waals surface area contributed by atoms with Crippen LogP contribution in [0.25, 0.3) is 0 Å². The van der Waals surface area contributed by atoms with Crippen molar-refractivity contribution < 1.29 is 8.78 Å². The van der Waals surface area contributed by atoms with E-state index in [1.165, 1.54) is 0 Å². The van der Waals surface area contributed by atoms with Gasteiger partial charge in [-0.2, -0.15) is 5.26 Å². The van der Waals surface area contributed by atoms with Crippen molar-refractivity contribution in [3.63, 3.8) is 0 Å². The molecule has 0 saturated carbocycles. The summed E-state index contributed by atoms with van der Waals surface area (Å²) in [5.41, 5.74) is 5.12. The largest absolute Gasteiger partial charge is 0.382 e. The Morgan fingerprint density at radius 3 is 2.79 bits per heavy atom. The van der Waals surface area contributed by atoms with Crippen LogP contribution in [0, 0.1) is 11.3 Å². The average Bonchev–Trinajstić information content (AvgIpc) is 2.11. The molecule has 3 nitrogen and oxygen atoms in total. The van der Waals surface area contributed by atoms with E-state index < -0.39 is 6.43 Å². The number of rotatable bonds is 2. The SMILES string of the molecule is N#CCc1cc(C(F)F)c(Cl)c(N)n1. The van der Waals surface area contributed by atoms with Crippen LogP contribution in [0.1, 0.15) is 17.7 Å². The Morgan fingerprint density at radius 2 is 2.29 bits per heavy atom. The molecule has 0 atom stereocenters. The molecule has 0 fully saturated rings. The molecule has 2 N–H and O–H groups in total. The predicted octanol–water partition coefficient (Wildman–Crippen LogP) is 2.32. The molecule has 14 heavy (non-hydrogen) atoms. The van der Waals surface area contributed by atoms with Gasteiger partial charge in [0.2, 0.25) is 0 Å². The van der Waals surface area contributed by atoms with Crippen LogP contribution in [0.5, 0.6) is 0 Å². The van der Waals surface area contributed by atoms with Gasteiger partial charge in [0.25, 0.3) is 6.43 Å². The fourth-order valence-electron chi connectivity index (χ4n) is 0.957. The number of nitriles is 1. The Morgan fingerprint density at radius 1 is 1.64 bits per heavy atom. The monoisotopic (exact) mass is 217 g/mol. The summed E-state index contributed by atoms with van der Waals surface area (Å²) in [5.74, 6) is -0.172. The van der Waals surface area contributed by atoms with E-state index in [1.54, 1.807) is 6.07 Å². The lowest BCUT2D eigenvalue weighted by Crippen LogP contribution is -2.00. The third-order valence-corrected chi connectivity index (χ3v) is 1.97. The Balaban J connectivity index is 3.22. The van der Waals surface area contributed by atoms with Gasteiger partial charge in [0.1, 0.15) is 5.82 Å². The minimum atomic E-state index is -2.72. The molecule has 6 heteroatoms. The summed E-state index contributed by atoms with van der Waals surface area (Å²) in [7, 11) is 0. The van der Waals surface area contributed by atoms with Crippen LogP contribution < -0.4 is 5.73 Å². The number of nitrogens with two attached hydrogens (primary N) is 1. The molecule has 0 aliphatic heterocycles. The number of halogens is 3. The van der Waals surface area contributed by atoms with Crippen LogP contribution >= 0.6 is 11.6 Å². The zero-order valence-corrected chi connectivity index (χ0v) is 7.72. The lowest BCUT2D eigenvalue weighted by Gasteiger charge is -2.06. The maximum atomic E-state index is 12.4. The fourth-order valence-corrected chi connectivity index (χ4v) is 1.14. The molecule has 74 valence electrons. The fraction of sp³-hybridized carbons (Fsp3) is 0.250. The second-order valence-corrected chi connectivity index (χ2v) is 2.92. The van der Waals surface area contributed by atoms with E-state index >= 15 is 0 Å². The summed E-state index contributed by atoms with van der Waals surface area (Å²) in [6.45, 7) is 0. The molecule has 0 radical (unpaired) electrons. The average molecular weight is 218 g/mol. The minimum Gasteiger partial charge on any atom is -0.382 e. The molecular weight excluding hydrogens is 212 g/mol. The number of nitrogens with zero attached hydrogens (tertiary/aromatic N) is 2. The van der Waals surface area contributed by atoms with E-state index in [-0.39, 0.29) is 28.5 Å². The second-order valence-electron chi connectivity index (χ2n) is 2.54. The lowest BCUT2D eigenvalue weighted by molar-refractivity contribution is 0.151. The first-order chi connectivity index (χ1) is 6.56. The van der Waals surface area contributed by atoms with Gasteiger partial charge in [0, 0.05) is 5.56 Å². The van der Waals surface area contributed by atoms with Crippen LogP contribution in [0.3, 0.4) is 0 Å². The highest BCUT2D eigenvalue weighted by atomic mass is 35.5. The highest BCUT2D eigenvalue weighted by Crippen LogP contribution is 2.30. The molecule has 1 aromatic heterocycles. The molecule has 0 spiro atoms. The summed E-state index contributed by atoms with van der Waals surface area (Å²) in [6, 6.07) is 2.88. The highest BCUT2D eigenvalue weighted by Gasteiger charge is 2.16. The maximum absolute atomic E-state index is 12.4. The third kappa shape index (κ3) is 2.09. The van der Waals surface area contributed by atoms with Crippen molar-refractivity contribution in [3.8, 4) is 6.07 Å². The van der Waals surface area contributed by atoms with Crippen LogP contribution in [0.15, 0.2) is 6.07 Å². The van der Waals surface area contributed by atoms with Crippen molar-refractivity contribution >= 4 is 17.4 Å². The van der Waals surface area contributed by atoms with E-state index in [4.69, 9.17) is 22.6 Å². The molecule has 1 rings (SSSR count). The van der Waals surface area contributed by atoms with E-state index in [0.29, 0.717) is 0 Å². The van der Waals surface area contributed by atoms with Crippen LogP contribution in [-0.2, 0) is 6.42 Å². The normalized spacial score (nSPS) is 10.2. The van der Waals surface area contributed by atoms with Gasteiger partial charge >= 0.3 is 0 Å². The third-order valence-electron chi connectivity index (χ3n) is 1.56. The van der Waals surface area contributed by atoms with Crippen molar-refractivity contribution in [2.45, 2.75) is 12.8 Å². The molecular formula is C8H6ClF2N3. The van der Waals surface area contributed by atoms with Crippen LogP contribution in [0.4, 0.5) is 14.6 Å². The molecule has 0 aliphatic carbocycles. The van der Waals surface area contributed by atoms with Gasteiger partial charge in [-0.25, -0.2) is 13.8 Å². The molecule has 0 aromatic carbocycles. The first-order valence-electron chi connectivity index (χ1n) is 3.66. The standard InChI is InChI=1S/C8H6ClF2N3/c9-6-5(7(10)11)3-4(1-2-12)14-8(6)13/h3,7H,1H2,(H2,13,14). The maximum Gasteiger partial charge on any atom is 0.265 e. The minimum absolute atomic E-state index is 0.0684. The Bertz CT molecular complexity index is 387. The molecule has 0 bridgehead atoms. The number of aromatic nitrogens is 1. The van der Waals surface area contributed by atoms with Gasteiger partial charge in [-0.05, 0) is 6.07 Å².